The van der Waals surface area contributed by atoms with Crippen LogP contribution in [0.5, 0.6) is 11.5 Å². The zero-order valence-corrected chi connectivity index (χ0v) is 14.8. The van der Waals surface area contributed by atoms with Crippen LogP contribution in [0.1, 0.15) is 18.9 Å². The molecule has 0 aromatic heterocycles. The molecule has 1 amide bonds. The standard InChI is InChI=1S/C18H17ClF3NO3/c1-3-16(26-13-6-4-5-12(10-13)25-2)17(24)23-15-9-11(18(20,21)22)7-8-14(15)19/h4-10,16H,3H2,1-2H3,(H,23,24)/t16-/m0/s1. The van der Waals surface area contributed by atoms with E-state index in [1.807, 2.05) is 0 Å². The molecule has 26 heavy (non-hydrogen) atoms. The lowest BCUT2D eigenvalue weighted by Gasteiger charge is -2.18. The fraction of sp³-hybridized carbons (Fsp3) is 0.278. The number of ether oxygens (including phenoxy) is 2. The second-order valence-corrected chi connectivity index (χ2v) is 5.78. The maximum Gasteiger partial charge on any atom is 0.416 e. The van der Waals surface area contributed by atoms with Crippen LogP contribution in [0.25, 0.3) is 0 Å². The quantitative estimate of drug-likeness (QED) is 0.744. The smallest absolute Gasteiger partial charge is 0.416 e. The molecule has 0 radical (unpaired) electrons. The van der Waals surface area contributed by atoms with Crippen molar-refractivity contribution in [3.8, 4) is 11.5 Å². The van der Waals surface area contributed by atoms with Gasteiger partial charge in [-0.1, -0.05) is 24.6 Å². The molecular formula is C18H17ClF3NO3. The number of alkyl halides is 3. The van der Waals surface area contributed by atoms with Gasteiger partial charge in [-0.05, 0) is 36.8 Å². The number of nitrogens with one attached hydrogen (secondary N) is 1. The minimum atomic E-state index is -4.54. The lowest BCUT2D eigenvalue weighted by Crippen LogP contribution is -2.32. The third-order valence-corrected chi connectivity index (χ3v) is 3.86. The summed E-state index contributed by atoms with van der Waals surface area (Å²) in [6.45, 7) is 1.72. The Kier molecular flexibility index (Phi) is 6.37. The zero-order chi connectivity index (χ0) is 19.3. The Hall–Kier alpha value is -2.41. The van der Waals surface area contributed by atoms with Gasteiger partial charge >= 0.3 is 6.18 Å². The van der Waals surface area contributed by atoms with Crippen molar-refractivity contribution in [1.29, 1.82) is 0 Å². The van der Waals surface area contributed by atoms with Crippen molar-refractivity contribution in [2.24, 2.45) is 0 Å². The molecule has 0 aliphatic heterocycles. The maximum atomic E-state index is 12.8. The molecule has 8 heteroatoms. The van der Waals surface area contributed by atoms with Gasteiger partial charge in [-0.15, -0.1) is 0 Å². The minimum Gasteiger partial charge on any atom is -0.497 e. The number of rotatable bonds is 6. The van der Waals surface area contributed by atoms with E-state index in [9.17, 15) is 18.0 Å². The highest BCUT2D eigenvalue weighted by atomic mass is 35.5. The molecule has 0 unspecified atom stereocenters. The largest absolute Gasteiger partial charge is 0.497 e. The van der Waals surface area contributed by atoms with Crippen LogP contribution in [0, 0.1) is 0 Å². The summed E-state index contributed by atoms with van der Waals surface area (Å²) in [4.78, 5) is 12.4. The Balaban J connectivity index is 2.16. The minimum absolute atomic E-state index is 0.00239. The highest BCUT2D eigenvalue weighted by Crippen LogP contribution is 2.34. The summed E-state index contributed by atoms with van der Waals surface area (Å²) in [6, 6.07) is 9.39. The van der Waals surface area contributed by atoms with Gasteiger partial charge in [0.25, 0.3) is 5.91 Å². The molecule has 0 saturated heterocycles. The molecule has 0 bridgehead atoms. The normalized spacial score (nSPS) is 12.4. The molecule has 0 saturated carbocycles. The Morgan fingerprint density at radius 2 is 1.88 bits per heavy atom. The van der Waals surface area contributed by atoms with Crippen molar-refractivity contribution in [2.45, 2.75) is 25.6 Å². The van der Waals surface area contributed by atoms with Crippen molar-refractivity contribution < 1.29 is 27.4 Å². The average Bonchev–Trinajstić information content (AvgIpc) is 2.60. The fourth-order valence-electron chi connectivity index (χ4n) is 2.17. The third-order valence-electron chi connectivity index (χ3n) is 3.53. The van der Waals surface area contributed by atoms with E-state index in [2.05, 4.69) is 5.32 Å². The van der Waals surface area contributed by atoms with Crippen LogP contribution in [0.3, 0.4) is 0 Å². The molecule has 1 atom stereocenters. The number of carbonyl (C=O) groups excluding carboxylic acids is 1. The Morgan fingerprint density at radius 3 is 2.50 bits per heavy atom. The number of halogens is 4. The van der Waals surface area contributed by atoms with E-state index in [0.29, 0.717) is 17.9 Å². The van der Waals surface area contributed by atoms with E-state index in [1.54, 1.807) is 31.2 Å². The van der Waals surface area contributed by atoms with Crippen molar-refractivity contribution >= 4 is 23.2 Å². The summed E-state index contributed by atoms with van der Waals surface area (Å²) >= 11 is 5.90. The van der Waals surface area contributed by atoms with Crippen LogP contribution in [0.2, 0.25) is 5.02 Å². The molecule has 140 valence electrons. The summed E-state index contributed by atoms with van der Waals surface area (Å²) in [5.74, 6) is 0.358. The van der Waals surface area contributed by atoms with Crippen LogP contribution in [0.4, 0.5) is 18.9 Å². The first-order chi connectivity index (χ1) is 12.2. The van der Waals surface area contributed by atoms with Gasteiger partial charge in [0.15, 0.2) is 6.10 Å². The summed E-state index contributed by atoms with van der Waals surface area (Å²) < 4.78 is 49.2. The summed E-state index contributed by atoms with van der Waals surface area (Å²) in [6.07, 6.45) is -5.14. The number of amides is 1. The van der Waals surface area contributed by atoms with Gasteiger partial charge in [-0.3, -0.25) is 4.79 Å². The van der Waals surface area contributed by atoms with Crippen LogP contribution >= 0.6 is 11.6 Å². The lowest BCUT2D eigenvalue weighted by molar-refractivity contribution is -0.137. The van der Waals surface area contributed by atoms with Crippen molar-refractivity contribution in [3.63, 3.8) is 0 Å². The van der Waals surface area contributed by atoms with Crippen molar-refractivity contribution in [3.05, 3.63) is 53.1 Å². The number of hydrogen-bond acceptors (Lipinski definition) is 3. The van der Waals surface area contributed by atoms with E-state index in [4.69, 9.17) is 21.1 Å². The molecule has 1 N–H and O–H groups in total. The van der Waals surface area contributed by atoms with Gasteiger partial charge in [0, 0.05) is 6.07 Å². The van der Waals surface area contributed by atoms with E-state index in [-0.39, 0.29) is 10.7 Å². The lowest BCUT2D eigenvalue weighted by atomic mass is 10.1. The van der Waals surface area contributed by atoms with E-state index < -0.39 is 23.8 Å². The molecule has 0 spiro atoms. The monoisotopic (exact) mass is 387 g/mol. The predicted molar refractivity (Wildman–Crippen MR) is 92.8 cm³/mol. The predicted octanol–water partition coefficient (Wildman–Crippen LogP) is 5.16. The molecule has 2 aromatic carbocycles. The number of anilines is 1. The highest BCUT2D eigenvalue weighted by Gasteiger charge is 2.31. The van der Waals surface area contributed by atoms with Crippen molar-refractivity contribution in [1.82, 2.24) is 0 Å². The SMILES string of the molecule is CC[C@H](Oc1cccc(OC)c1)C(=O)Nc1cc(C(F)(F)F)ccc1Cl. The highest BCUT2D eigenvalue weighted by molar-refractivity contribution is 6.33. The first kappa shape index (κ1) is 19.9. The van der Waals surface area contributed by atoms with Gasteiger partial charge in [-0.2, -0.15) is 13.2 Å². The van der Waals surface area contributed by atoms with Gasteiger partial charge in [0.2, 0.25) is 0 Å². The Bertz CT molecular complexity index is 781. The third kappa shape index (κ3) is 5.05. The molecule has 2 rings (SSSR count). The van der Waals surface area contributed by atoms with Crippen LogP contribution in [-0.4, -0.2) is 19.1 Å². The first-order valence-electron chi connectivity index (χ1n) is 7.73. The number of benzene rings is 2. The van der Waals surface area contributed by atoms with Crippen LogP contribution in [0.15, 0.2) is 42.5 Å². The van der Waals surface area contributed by atoms with E-state index in [0.717, 1.165) is 18.2 Å². The van der Waals surface area contributed by atoms with Gasteiger partial charge in [0.1, 0.15) is 11.5 Å². The maximum absolute atomic E-state index is 12.8. The molecule has 2 aromatic rings. The van der Waals surface area contributed by atoms with E-state index >= 15 is 0 Å². The van der Waals surface area contributed by atoms with Gasteiger partial charge in [-0.25, -0.2) is 0 Å². The summed E-state index contributed by atoms with van der Waals surface area (Å²) in [5, 5.41) is 2.40. The topological polar surface area (TPSA) is 47.6 Å². The Labute approximate surface area is 153 Å². The second kappa shape index (κ2) is 8.31. The number of carbonyl (C=O) groups is 1. The summed E-state index contributed by atoms with van der Waals surface area (Å²) in [7, 11) is 1.50. The van der Waals surface area contributed by atoms with Gasteiger partial charge in [0.05, 0.1) is 23.4 Å². The molecule has 0 aliphatic rings. The molecular weight excluding hydrogens is 371 g/mol. The average molecular weight is 388 g/mol. The van der Waals surface area contributed by atoms with E-state index in [1.165, 1.54) is 7.11 Å². The van der Waals surface area contributed by atoms with Crippen LogP contribution < -0.4 is 14.8 Å². The number of hydrogen-bond donors (Lipinski definition) is 1. The molecule has 0 fully saturated rings. The molecule has 4 nitrogen and oxygen atoms in total. The first-order valence-corrected chi connectivity index (χ1v) is 8.10. The van der Waals surface area contributed by atoms with Gasteiger partial charge < -0.3 is 14.8 Å². The molecule has 0 aliphatic carbocycles. The molecule has 0 heterocycles. The van der Waals surface area contributed by atoms with Crippen LogP contribution in [-0.2, 0) is 11.0 Å². The zero-order valence-electron chi connectivity index (χ0n) is 14.1. The summed E-state index contributed by atoms with van der Waals surface area (Å²) in [5.41, 5.74) is -1.03. The fourth-order valence-corrected chi connectivity index (χ4v) is 2.34. The Morgan fingerprint density at radius 1 is 1.19 bits per heavy atom. The van der Waals surface area contributed by atoms with Crippen molar-refractivity contribution in [2.75, 3.05) is 12.4 Å². The number of methoxy groups -OCH3 is 1. The second-order valence-electron chi connectivity index (χ2n) is 5.38.